The Labute approximate surface area is 158 Å². The van der Waals surface area contributed by atoms with Gasteiger partial charge in [-0.25, -0.2) is 14.6 Å². The van der Waals surface area contributed by atoms with Gasteiger partial charge in [0.15, 0.2) is 0 Å². The number of esters is 1. The van der Waals surface area contributed by atoms with Gasteiger partial charge in [0, 0.05) is 38.9 Å². The van der Waals surface area contributed by atoms with Gasteiger partial charge in [-0.3, -0.25) is 4.90 Å². The fourth-order valence-electron chi connectivity index (χ4n) is 3.05. The van der Waals surface area contributed by atoms with E-state index >= 15 is 0 Å². The number of rotatable bonds is 6. The molecule has 1 aromatic heterocycles. The third-order valence-corrected chi connectivity index (χ3v) is 4.56. The van der Waals surface area contributed by atoms with E-state index in [9.17, 15) is 9.59 Å². The highest BCUT2D eigenvalue weighted by atomic mass is 16.5. The number of carbonyl (C=O) groups is 2. The topological polar surface area (TPSA) is 83.0 Å². The molecule has 1 aliphatic heterocycles. The number of piperazine rings is 1. The molecule has 0 unspecified atom stereocenters. The van der Waals surface area contributed by atoms with Crippen LogP contribution in [0.2, 0.25) is 0 Å². The van der Waals surface area contributed by atoms with Crippen molar-refractivity contribution in [2.24, 2.45) is 0 Å². The molecular weight excluding hydrogens is 346 g/mol. The first kappa shape index (κ1) is 18.8. The molecule has 27 heavy (non-hydrogen) atoms. The number of benzene rings is 1. The molecular formula is C20H23N3O4. The minimum absolute atomic E-state index is 0.306. The number of nitrogens with zero attached hydrogens (tertiary/aromatic N) is 3. The van der Waals surface area contributed by atoms with Crippen LogP contribution in [-0.2, 0) is 11.3 Å². The lowest BCUT2D eigenvalue weighted by Crippen LogP contribution is -2.46. The number of aromatic nitrogens is 1. The van der Waals surface area contributed by atoms with E-state index in [1.165, 1.54) is 0 Å². The van der Waals surface area contributed by atoms with Crippen molar-refractivity contribution in [1.82, 2.24) is 9.88 Å². The Hall–Kier alpha value is -2.93. The maximum atomic E-state index is 11.7. The maximum absolute atomic E-state index is 11.7. The Morgan fingerprint density at radius 1 is 1.04 bits per heavy atom. The van der Waals surface area contributed by atoms with Crippen LogP contribution in [0.25, 0.3) is 0 Å². The summed E-state index contributed by atoms with van der Waals surface area (Å²) < 4.78 is 4.97. The lowest BCUT2D eigenvalue weighted by atomic mass is 10.1. The number of carbonyl (C=O) groups excluding carboxylic acids is 1. The number of hydrogen-bond acceptors (Lipinski definition) is 6. The van der Waals surface area contributed by atoms with Crippen LogP contribution in [-0.4, -0.2) is 59.7 Å². The number of carboxylic acid groups (broad SMARTS) is 1. The second-order valence-electron chi connectivity index (χ2n) is 6.39. The minimum Gasteiger partial charge on any atom is -0.478 e. The molecule has 0 radical (unpaired) electrons. The molecule has 2 heterocycles. The van der Waals surface area contributed by atoms with Gasteiger partial charge in [-0.15, -0.1) is 0 Å². The average Bonchev–Trinajstić information content (AvgIpc) is 2.69. The number of pyridine rings is 1. The van der Waals surface area contributed by atoms with Gasteiger partial charge in [-0.1, -0.05) is 12.1 Å². The van der Waals surface area contributed by atoms with Crippen molar-refractivity contribution < 1.29 is 19.4 Å². The summed E-state index contributed by atoms with van der Waals surface area (Å²) in [5, 5.41) is 8.96. The fourth-order valence-corrected chi connectivity index (χ4v) is 3.05. The first-order valence-corrected chi connectivity index (χ1v) is 8.99. The molecule has 7 heteroatoms. The summed E-state index contributed by atoms with van der Waals surface area (Å²) in [6.45, 7) is 6.39. The van der Waals surface area contributed by atoms with E-state index in [2.05, 4.69) is 14.8 Å². The van der Waals surface area contributed by atoms with E-state index in [1.807, 2.05) is 18.2 Å². The van der Waals surface area contributed by atoms with Crippen LogP contribution in [0.4, 0.5) is 5.82 Å². The molecule has 0 bridgehead atoms. The van der Waals surface area contributed by atoms with Crippen molar-refractivity contribution in [2.75, 3.05) is 37.7 Å². The van der Waals surface area contributed by atoms with E-state index < -0.39 is 5.97 Å². The predicted molar refractivity (Wildman–Crippen MR) is 101 cm³/mol. The molecule has 142 valence electrons. The summed E-state index contributed by atoms with van der Waals surface area (Å²) in [5.41, 5.74) is 1.87. The van der Waals surface area contributed by atoms with Crippen molar-refractivity contribution in [3.63, 3.8) is 0 Å². The van der Waals surface area contributed by atoms with Gasteiger partial charge in [0.2, 0.25) is 0 Å². The molecule has 2 aromatic rings. The van der Waals surface area contributed by atoms with Crippen LogP contribution in [0, 0.1) is 0 Å². The third kappa shape index (κ3) is 4.83. The Morgan fingerprint density at radius 2 is 1.70 bits per heavy atom. The van der Waals surface area contributed by atoms with Crippen LogP contribution in [0.5, 0.6) is 0 Å². The minimum atomic E-state index is -0.906. The fraction of sp³-hybridized carbons (Fsp3) is 0.350. The monoisotopic (exact) mass is 369 g/mol. The van der Waals surface area contributed by atoms with Crippen molar-refractivity contribution in [2.45, 2.75) is 13.5 Å². The predicted octanol–water partition coefficient (Wildman–Crippen LogP) is 2.28. The van der Waals surface area contributed by atoms with Crippen molar-refractivity contribution in [1.29, 1.82) is 0 Å². The van der Waals surface area contributed by atoms with Crippen LogP contribution >= 0.6 is 0 Å². The zero-order valence-electron chi connectivity index (χ0n) is 15.3. The first-order chi connectivity index (χ1) is 13.1. The van der Waals surface area contributed by atoms with Crippen molar-refractivity contribution in [3.05, 3.63) is 59.3 Å². The number of carboxylic acids is 1. The van der Waals surface area contributed by atoms with E-state index in [4.69, 9.17) is 9.84 Å². The van der Waals surface area contributed by atoms with Gasteiger partial charge in [0.05, 0.1) is 17.7 Å². The van der Waals surface area contributed by atoms with E-state index in [0.717, 1.165) is 44.1 Å². The normalized spacial score (nSPS) is 14.8. The highest BCUT2D eigenvalue weighted by Crippen LogP contribution is 2.16. The molecule has 0 spiro atoms. The van der Waals surface area contributed by atoms with Gasteiger partial charge < -0.3 is 14.7 Å². The molecule has 0 atom stereocenters. The molecule has 1 saturated heterocycles. The van der Waals surface area contributed by atoms with Gasteiger partial charge in [0.1, 0.15) is 5.82 Å². The summed E-state index contributed by atoms with van der Waals surface area (Å²) in [5.74, 6) is -0.402. The quantitative estimate of drug-likeness (QED) is 0.782. The number of hydrogen-bond donors (Lipinski definition) is 1. The molecule has 0 saturated carbocycles. The SMILES string of the molecule is CCOC(=O)c1ccc(N2CCN(Cc3ccc(C(=O)O)cc3)CC2)nc1. The van der Waals surface area contributed by atoms with Crippen LogP contribution in [0.15, 0.2) is 42.6 Å². The lowest BCUT2D eigenvalue weighted by molar-refractivity contribution is 0.0525. The van der Waals surface area contributed by atoms with Crippen molar-refractivity contribution in [3.8, 4) is 0 Å². The molecule has 1 aliphatic rings. The largest absolute Gasteiger partial charge is 0.478 e. The zero-order chi connectivity index (χ0) is 19.2. The molecule has 1 aromatic carbocycles. The first-order valence-electron chi connectivity index (χ1n) is 8.99. The maximum Gasteiger partial charge on any atom is 0.339 e. The summed E-state index contributed by atoms with van der Waals surface area (Å²) in [4.78, 5) is 31.5. The van der Waals surface area contributed by atoms with E-state index in [1.54, 1.807) is 31.3 Å². The van der Waals surface area contributed by atoms with Gasteiger partial charge in [-0.05, 0) is 36.8 Å². The smallest absolute Gasteiger partial charge is 0.339 e. The lowest BCUT2D eigenvalue weighted by Gasteiger charge is -2.35. The second kappa shape index (κ2) is 8.64. The average molecular weight is 369 g/mol. The summed E-state index contributed by atoms with van der Waals surface area (Å²) in [7, 11) is 0. The number of aromatic carboxylic acids is 1. The van der Waals surface area contributed by atoms with Gasteiger partial charge in [0.25, 0.3) is 0 Å². The summed E-state index contributed by atoms with van der Waals surface area (Å²) in [6.07, 6.45) is 1.56. The molecule has 7 nitrogen and oxygen atoms in total. The van der Waals surface area contributed by atoms with E-state index in [0.29, 0.717) is 17.7 Å². The van der Waals surface area contributed by atoms with Crippen molar-refractivity contribution >= 4 is 17.8 Å². The Balaban J connectivity index is 1.52. The zero-order valence-corrected chi connectivity index (χ0v) is 15.3. The van der Waals surface area contributed by atoms with Crippen LogP contribution in [0.1, 0.15) is 33.2 Å². The molecule has 1 N–H and O–H groups in total. The Morgan fingerprint density at radius 3 is 2.26 bits per heavy atom. The molecule has 0 amide bonds. The Kier molecular flexibility index (Phi) is 6.03. The highest BCUT2D eigenvalue weighted by Gasteiger charge is 2.19. The third-order valence-electron chi connectivity index (χ3n) is 4.56. The molecule has 0 aliphatic carbocycles. The Bertz CT molecular complexity index is 782. The standard InChI is InChI=1S/C20H23N3O4/c1-2-27-20(26)17-7-8-18(21-13-17)23-11-9-22(10-12-23)14-15-3-5-16(6-4-15)19(24)25/h3-8,13H,2,9-12,14H2,1H3,(H,24,25). The van der Waals surface area contributed by atoms with Gasteiger partial charge in [-0.2, -0.15) is 0 Å². The number of anilines is 1. The van der Waals surface area contributed by atoms with E-state index in [-0.39, 0.29) is 5.97 Å². The second-order valence-corrected chi connectivity index (χ2v) is 6.39. The number of ether oxygens (including phenoxy) is 1. The van der Waals surface area contributed by atoms with Crippen LogP contribution < -0.4 is 4.90 Å². The summed E-state index contributed by atoms with van der Waals surface area (Å²) in [6, 6.07) is 10.6. The highest BCUT2D eigenvalue weighted by molar-refractivity contribution is 5.89. The molecule has 3 rings (SSSR count). The van der Waals surface area contributed by atoms with Gasteiger partial charge >= 0.3 is 11.9 Å². The summed E-state index contributed by atoms with van der Waals surface area (Å²) >= 11 is 0. The molecule has 1 fully saturated rings. The van der Waals surface area contributed by atoms with Crippen LogP contribution in [0.3, 0.4) is 0 Å².